The molecule has 0 aromatic rings. The molecule has 0 aromatic carbocycles. The number of aliphatic carboxylic acids is 1. The largest absolute Gasteiger partial charge is 0.481 e. The third-order valence-electron chi connectivity index (χ3n) is 3.83. The van der Waals surface area contributed by atoms with Gasteiger partial charge in [0.25, 0.3) is 0 Å². The number of rotatable bonds is 5. The van der Waals surface area contributed by atoms with Crippen LogP contribution in [0.5, 0.6) is 0 Å². The molecule has 0 radical (unpaired) electrons. The summed E-state index contributed by atoms with van der Waals surface area (Å²) in [5.74, 6) is -0.811. The first-order valence-electron chi connectivity index (χ1n) is 7.10. The molecule has 2 atom stereocenters. The third-order valence-corrected chi connectivity index (χ3v) is 3.83. The van der Waals surface area contributed by atoms with Crippen LogP contribution in [-0.4, -0.2) is 71.5 Å². The standard InChI is InChI=1S/C13H22N2O5/c16-9-7-11(14-8-9)13(19)15-4-1-10(2-5-15)20-6-3-12(17)18/h9-11,14,16H,1-8H2,(H,17,18). The summed E-state index contributed by atoms with van der Waals surface area (Å²) in [4.78, 5) is 24.4. The van der Waals surface area contributed by atoms with Crippen molar-refractivity contribution < 1.29 is 24.5 Å². The Morgan fingerprint density at radius 2 is 2.00 bits per heavy atom. The van der Waals surface area contributed by atoms with Crippen LogP contribution in [0.1, 0.15) is 25.7 Å². The molecule has 7 nitrogen and oxygen atoms in total. The van der Waals surface area contributed by atoms with Crippen LogP contribution in [0.15, 0.2) is 0 Å². The SMILES string of the molecule is O=C(O)CCOC1CCN(C(=O)C2CC(O)CN2)CC1. The molecule has 0 saturated carbocycles. The van der Waals surface area contributed by atoms with E-state index in [4.69, 9.17) is 9.84 Å². The first-order valence-corrected chi connectivity index (χ1v) is 7.10. The molecule has 114 valence electrons. The Balaban J connectivity index is 1.68. The van der Waals surface area contributed by atoms with Crippen LogP contribution in [-0.2, 0) is 14.3 Å². The zero-order chi connectivity index (χ0) is 14.5. The Morgan fingerprint density at radius 1 is 1.30 bits per heavy atom. The second kappa shape index (κ2) is 7.01. The second-order valence-corrected chi connectivity index (χ2v) is 5.39. The number of carboxylic acid groups (broad SMARTS) is 1. The first-order chi connectivity index (χ1) is 9.56. The fourth-order valence-electron chi connectivity index (χ4n) is 2.68. The van der Waals surface area contributed by atoms with Crippen molar-refractivity contribution in [2.24, 2.45) is 0 Å². The summed E-state index contributed by atoms with van der Waals surface area (Å²) in [6.45, 7) is 1.96. The van der Waals surface area contributed by atoms with E-state index in [0.29, 0.717) is 26.1 Å². The van der Waals surface area contributed by atoms with Crippen LogP contribution in [0.3, 0.4) is 0 Å². The minimum absolute atomic E-state index is 0.0169. The van der Waals surface area contributed by atoms with Gasteiger partial charge in [0.2, 0.25) is 5.91 Å². The molecular formula is C13H22N2O5. The molecule has 2 unspecified atom stereocenters. The quantitative estimate of drug-likeness (QED) is 0.611. The van der Waals surface area contributed by atoms with E-state index in [0.717, 1.165) is 12.8 Å². The van der Waals surface area contributed by atoms with Crippen molar-refractivity contribution in [3.05, 3.63) is 0 Å². The smallest absolute Gasteiger partial charge is 0.305 e. The van der Waals surface area contributed by atoms with Gasteiger partial charge in [0, 0.05) is 19.6 Å². The number of hydrogen-bond acceptors (Lipinski definition) is 5. The van der Waals surface area contributed by atoms with Gasteiger partial charge in [-0.15, -0.1) is 0 Å². The summed E-state index contributed by atoms with van der Waals surface area (Å²) < 4.78 is 5.49. The number of piperidine rings is 1. The number of carboxylic acids is 1. The van der Waals surface area contributed by atoms with Gasteiger partial charge in [0.1, 0.15) is 0 Å². The van der Waals surface area contributed by atoms with Gasteiger partial charge >= 0.3 is 5.97 Å². The minimum atomic E-state index is -0.858. The van der Waals surface area contributed by atoms with Crippen molar-refractivity contribution in [3.8, 4) is 0 Å². The van der Waals surface area contributed by atoms with Crippen molar-refractivity contribution in [1.82, 2.24) is 10.2 Å². The molecule has 1 amide bonds. The number of aliphatic hydroxyl groups excluding tert-OH is 1. The van der Waals surface area contributed by atoms with E-state index in [-0.39, 0.29) is 31.1 Å². The molecule has 0 spiro atoms. The zero-order valence-corrected chi connectivity index (χ0v) is 11.5. The Kier molecular flexibility index (Phi) is 5.33. The van der Waals surface area contributed by atoms with E-state index >= 15 is 0 Å². The number of amides is 1. The highest BCUT2D eigenvalue weighted by Gasteiger charge is 2.33. The lowest BCUT2D eigenvalue weighted by atomic mass is 10.1. The number of hydrogen-bond donors (Lipinski definition) is 3. The number of aliphatic hydroxyl groups is 1. The predicted molar refractivity (Wildman–Crippen MR) is 70.2 cm³/mol. The molecule has 2 saturated heterocycles. The van der Waals surface area contributed by atoms with Gasteiger partial charge in [0.05, 0.1) is 31.3 Å². The van der Waals surface area contributed by atoms with Gasteiger partial charge in [-0.3, -0.25) is 9.59 Å². The van der Waals surface area contributed by atoms with Gasteiger partial charge < -0.3 is 25.2 Å². The number of likely N-dealkylation sites (tertiary alicyclic amines) is 1. The number of carbonyl (C=O) groups is 2. The summed E-state index contributed by atoms with van der Waals surface area (Å²) in [7, 11) is 0. The van der Waals surface area contributed by atoms with Gasteiger partial charge in [-0.1, -0.05) is 0 Å². The number of β-amino-alcohol motifs (C(OH)–C–C–N with tert-alkyl or cyclic N) is 1. The third kappa shape index (κ3) is 4.16. The van der Waals surface area contributed by atoms with Crippen molar-refractivity contribution in [1.29, 1.82) is 0 Å². The van der Waals surface area contributed by atoms with Crippen LogP contribution in [0.2, 0.25) is 0 Å². The Morgan fingerprint density at radius 3 is 2.55 bits per heavy atom. The maximum atomic E-state index is 12.2. The monoisotopic (exact) mass is 286 g/mol. The normalized spacial score (nSPS) is 27.8. The average Bonchev–Trinajstić information content (AvgIpc) is 2.85. The molecule has 0 aliphatic carbocycles. The molecule has 0 aromatic heterocycles. The van der Waals surface area contributed by atoms with Crippen molar-refractivity contribution in [2.75, 3.05) is 26.2 Å². The van der Waals surface area contributed by atoms with Crippen LogP contribution < -0.4 is 5.32 Å². The molecule has 20 heavy (non-hydrogen) atoms. The van der Waals surface area contributed by atoms with Crippen LogP contribution in [0, 0.1) is 0 Å². The summed E-state index contributed by atoms with van der Waals surface area (Å²) >= 11 is 0. The van der Waals surface area contributed by atoms with Crippen molar-refractivity contribution in [3.63, 3.8) is 0 Å². The maximum Gasteiger partial charge on any atom is 0.305 e. The van der Waals surface area contributed by atoms with Crippen LogP contribution in [0.25, 0.3) is 0 Å². The molecule has 7 heteroatoms. The van der Waals surface area contributed by atoms with Crippen LogP contribution >= 0.6 is 0 Å². The van der Waals surface area contributed by atoms with Crippen molar-refractivity contribution in [2.45, 2.75) is 43.9 Å². The fourth-order valence-corrected chi connectivity index (χ4v) is 2.68. The van der Waals surface area contributed by atoms with Gasteiger partial charge in [-0.05, 0) is 19.3 Å². The zero-order valence-electron chi connectivity index (χ0n) is 11.5. The number of ether oxygens (including phenoxy) is 1. The highest BCUT2D eigenvalue weighted by molar-refractivity contribution is 5.82. The van der Waals surface area contributed by atoms with Crippen LogP contribution in [0.4, 0.5) is 0 Å². The summed E-state index contributed by atoms with van der Waals surface area (Å²) in [5, 5.41) is 21.0. The number of nitrogens with one attached hydrogen (secondary N) is 1. The van der Waals surface area contributed by atoms with E-state index < -0.39 is 12.1 Å². The Hall–Kier alpha value is -1.18. The molecule has 2 aliphatic heterocycles. The lowest BCUT2D eigenvalue weighted by molar-refractivity contribution is -0.139. The van der Waals surface area contributed by atoms with Crippen molar-refractivity contribution >= 4 is 11.9 Å². The molecule has 3 N–H and O–H groups in total. The van der Waals surface area contributed by atoms with E-state index in [1.807, 2.05) is 0 Å². The summed E-state index contributed by atoms with van der Waals surface area (Å²) in [6, 6.07) is -0.269. The Bertz CT molecular complexity index is 355. The number of carbonyl (C=O) groups excluding carboxylic acids is 1. The second-order valence-electron chi connectivity index (χ2n) is 5.39. The molecule has 2 fully saturated rings. The number of nitrogens with zero attached hydrogens (tertiary/aromatic N) is 1. The molecular weight excluding hydrogens is 264 g/mol. The van der Waals surface area contributed by atoms with E-state index in [1.54, 1.807) is 4.90 Å². The van der Waals surface area contributed by atoms with Gasteiger partial charge in [-0.2, -0.15) is 0 Å². The first kappa shape index (κ1) is 15.2. The molecule has 0 bridgehead atoms. The summed E-state index contributed by atoms with van der Waals surface area (Å²) in [6.07, 6.45) is 1.58. The molecule has 2 heterocycles. The maximum absolute atomic E-state index is 12.2. The Labute approximate surface area is 117 Å². The topological polar surface area (TPSA) is 99.1 Å². The summed E-state index contributed by atoms with van der Waals surface area (Å²) in [5.41, 5.74) is 0. The van der Waals surface area contributed by atoms with E-state index in [2.05, 4.69) is 5.32 Å². The molecule has 2 aliphatic rings. The van der Waals surface area contributed by atoms with E-state index in [9.17, 15) is 14.7 Å². The predicted octanol–water partition coefficient (Wildman–Crippen LogP) is -0.808. The highest BCUT2D eigenvalue weighted by atomic mass is 16.5. The van der Waals surface area contributed by atoms with Gasteiger partial charge in [0.15, 0.2) is 0 Å². The highest BCUT2D eigenvalue weighted by Crippen LogP contribution is 2.17. The van der Waals surface area contributed by atoms with E-state index in [1.165, 1.54) is 0 Å². The average molecular weight is 286 g/mol. The lowest BCUT2D eigenvalue weighted by Crippen LogP contribution is -2.48. The molecule has 2 rings (SSSR count). The lowest BCUT2D eigenvalue weighted by Gasteiger charge is -2.33. The minimum Gasteiger partial charge on any atom is -0.481 e. The van der Waals surface area contributed by atoms with Gasteiger partial charge in [-0.25, -0.2) is 0 Å². The fraction of sp³-hybridized carbons (Fsp3) is 0.846.